The number of rotatable bonds is 3. The number of carbonyl (C=O) groups is 2. The van der Waals surface area contributed by atoms with Crippen LogP contribution in [-0.4, -0.2) is 42.1 Å². The fraction of sp³-hybridized carbons (Fsp3) is 0.556. The number of carbonyl (C=O) groups excluding carboxylic acids is 2. The van der Waals surface area contributed by atoms with Crippen LogP contribution in [0, 0.1) is 5.92 Å². The molecule has 0 unspecified atom stereocenters. The lowest BCUT2D eigenvalue weighted by Crippen LogP contribution is -2.59. The Morgan fingerprint density at radius 3 is 2.57 bits per heavy atom. The van der Waals surface area contributed by atoms with Gasteiger partial charge in [-0.2, -0.15) is 0 Å². The smallest absolute Gasteiger partial charge is 0.407 e. The monoisotopic (exact) mass is 314 g/mol. The molecule has 1 aliphatic heterocycles. The molecule has 5 heteroatoms. The summed E-state index contributed by atoms with van der Waals surface area (Å²) < 4.78 is 4.97. The average Bonchev–Trinajstić information content (AvgIpc) is 2.87. The Balaban J connectivity index is 1.29. The van der Waals surface area contributed by atoms with Gasteiger partial charge in [-0.25, -0.2) is 4.79 Å². The first-order chi connectivity index (χ1) is 11.1. The summed E-state index contributed by atoms with van der Waals surface area (Å²) in [5.74, 6) is 0.817. The van der Waals surface area contributed by atoms with E-state index in [-0.39, 0.29) is 23.5 Å². The minimum Gasteiger partial charge on any atom is -0.447 e. The molecule has 1 spiro atoms. The van der Waals surface area contributed by atoms with Gasteiger partial charge in [0.15, 0.2) is 0 Å². The molecule has 3 aliphatic rings. The first kappa shape index (κ1) is 14.5. The quantitative estimate of drug-likeness (QED) is 0.931. The highest BCUT2D eigenvalue weighted by molar-refractivity contribution is 5.81. The fourth-order valence-electron chi connectivity index (χ4n) is 4.14. The number of hydrogen-bond acceptors (Lipinski definition) is 3. The van der Waals surface area contributed by atoms with Gasteiger partial charge in [-0.05, 0) is 37.2 Å². The molecule has 1 saturated heterocycles. The van der Waals surface area contributed by atoms with Crippen LogP contribution in [0.1, 0.15) is 37.2 Å². The van der Waals surface area contributed by atoms with Crippen molar-refractivity contribution < 1.29 is 14.3 Å². The highest BCUT2D eigenvalue weighted by atomic mass is 16.6. The molecule has 1 heterocycles. The van der Waals surface area contributed by atoms with Gasteiger partial charge in [-0.15, -0.1) is 0 Å². The molecule has 0 atom stereocenters. The molecule has 1 aromatic carbocycles. The summed E-state index contributed by atoms with van der Waals surface area (Å²) in [5, 5.41) is 2.84. The van der Waals surface area contributed by atoms with Crippen LogP contribution in [-0.2, 0) is 9.53 Å². The van der Waals surface area contributed by atoms with E-state index in [1.54, 1.807) is 0 Å². The number of cyclic esters (lactones) is 1. The number of nitrogens with one attached hydrogen (secondary N) is 1. The minimum absolute atomic E-state index is 0.0257. The highest BCUT2D eigenvalue weighted by Gasteiger charge is 2.53. The number of nitrogens with zero attached hydrogens (tertiary/aromatic N) is 1. The topological polar surface area (TPSA) is 58.6 Å². The number of amides is 2. The first-order valence-electron chi connectivity index (χ1n) is 8.33. The maximum absolute atomic E-state index is 12.6. The van der Waals surface area contributed by atoms with Gasteiger partial charge in [0.2, 0.25) is 5.91 Å². The van der Waals surface area contributed by atoms with E-state index < -0.39 is 0 Å². The number of alkyl carbamates (subject to hydrolysis) is 1. The third kappa shape index (κ3) is 2.48. The lowest BCUT2D eigenvalue weighted by molar-refractivity contribution is -0.143. The Labute approximate surface area is 136 Å². The zero-order valence-corrected chi connectivity index (χ0v) is 13.3. The van der Waals surface area contributed by atoms with E-state index in [1.807, 2.05) is 18.0 Å². The van der Waals surface area contributed by atoms with E-state index in [0.717, 1.165) is 12.8 Å². The van der Waals surface area contributed by atoms with Crippen LogP contribution in [0.4, 0.5) is 4.79 Å². The molecule has 1 N–H and O–H groups in total. The number of hydrogen-bond donors (Lipinski definition) is 1. The Kier molecular flexibility index (Phi) is 3.32. The van der Waals surface area contributed by atoms with Crippen LogP contribution in [0.3, 0.4) is 0 Å². The molecular formula is C18H22N2O3. The summed E-state index contributed by atoms with van der Waals surface area (Å²) in [7, 11) is 1.92. The maximum atomic E-state index is 12.6. The van der Waals surface area contributed by atoms with Crippen molar-refractivity contribution in [2.75, 3.05) is 13.7 Å². The molecule has 23 heavy (non-hydrogen) atoms. The normalized spacial score (nSPS) is 35.0. The van der Waals surface area contributed by atoms with E-state index in [4.69, 9.17) is 4.74 Å². The van der Waals surface area contributed by atoms with Crippen molar-refractivity contribution in [2.24, 2.45) is 5.92 Å². The molecule has 2 aliphatic carbocycles. The molecule has 3 fully saturated rings. The molecule has 0 bridgehead atoms. The summed E-state index contributed by atoms with van der Waals surface area (Å²) in [6.45, 7) is 0.402. The van der Waals surface area contributed by atoms with Crippen molar-refractivity contribution in [3.63, 3.8) is 0 Å². The van der Waals surface area contributed by atoms with E-state index in [0.29, 0.717) is 31.4 Å². The summed E-state index contributed by atoms with van der Waals surface area (Å²) >= 11 is 0. The Morgan fingerprint density at radius 2 is 1.96 bits per heavy atom. The largest absolute Gasteiger partial charge is 0.447 e. The Morgan fingerprint density at radius 1 is 1.26 bits per heavy atom. The van der Waals surface area contributed by atoms with Crippen molar-refractivity contribution >= 4 is 12.0 Å². The van der Waals surface area contributed by atoms with Crippen LogP contribution >= 0.6 is 0 Å². The van der Waals surface area contributed by atoms with Gasteiger partial charge < -0.3 is 15.0 Å². The summed E-state index contributed by atoms with van der Waals surface area (Å²) in [6.07, 6.45) is 3.15. The van der Waals surface area contributed by atoms with Crippen molar-refractivity contribution in [2.45, 2.75) is 43.2 Å². The molecule has 0 aromatic heterocycles. The molecule has 1 aromatic rings. The zero-order valence-electron chi connectivity index (χ0n) is 13.3. The lowest BCUT2D eigenvalue weighted by Gasteiger charge is -2.47. The fourth-order valence-corrected chi connectivity index (χ4v) is 4.14. The molecule has 0 radical (unpaired) electrons. The van der Waals surface area contributed by atoms with E-state index in [2.05, 4.69) is 29.6 Å². The van der Waals surface area contributed by atoms with Crippen molar-refractivity contribution in [1.29, 1.82) is 0 Å². The van der Waals surface area contributed by atoms with Gasteiger partial charge >= 0.3 is 6.09 Å². The van der Waals surface area contributed by atoms with Crippen molar-refractivity contribution in [3.05, 3.63) is 35.9 Å². The maximum Gasteiger partial charge on any atom is 0.407 e. The van der Waals surface area contributed by atoms with E-state index >= 15 is 0 Å². The Hall–Kier alpha value is -2.04. The predicted molar refractivity (Wildman–Crippen MR) is 84.9 cm³/mol. The van der Waals surface area contributed by atoms with Gasteiger partial charge in [0, 0.05) is 19.0 Å². The molecule has 122 valence electrons. The second kappa shape index (κ2) is 5.25. The molecule has 2 saturated carbocycles. The van der Waals surface area contributed by atoms with Gasteiger partial charge in [0.05, 0.1) is 5.54 Å². The summed E-state index contributed by atoms with van der Waals surface area (Å²) in [4.78, 5) is 25.7. The van der Waals surface area contributed by atoms with Gasteiger partial charge in [-0.1, -0.05) is 30.3 Å². The first-order valence-corrected chi connectivity index (χ1v) is 8.33. The van der Waals surface area contributed by atoms with Crippen LogP contribution < -0.4 is 5.32 Å². The van der Waals surface area contributed by atoms with Gasteiger partial charge in [0.25, 0.3) is 0 Å². The number of ether oxygens (including phenoxy) is 1. The van der Waals surface area contributed by atoms with Crippen molar-refractivity contribution in [3.8, 4) is 0 Å². The van der Waals surface area contributed by atoms with Crippen LogP contribution in [0.25, 0.3) is 0 Å². The average molecular weight is 314 g/mol. The van der Waals surface area contributed by atoms with Gasteiger partial charge in [0.1, 0.15) is 6.61 Å². The molecular weight excluding hydrogens is 292 g/mol. The van der Waals surface area contributed by atoms with Gasteiger partial charge in [-0.3, -0.25) is 4.79 Å². The summed E-state index contributed by atoms with van der Waals surface area (Å²) in [6, 6.07) is 10.9. The number of benzene rings is 1. The second-order valence-corrected chi connectivity index (χ2v) is 7.27. The highest BCUT2D eigenvalue weighted by Crippen LogP contribution is 2.44. The summed E-state index contributed by atoms with van der Waals surface area (Å²) in [5.41, 5.74) is 1.10. The SMILES string of the molecule is CN(C(=O)[C@H]1C[C@]2(COC(=O)N2)C1)[C@H]1C[C@H](c2ccccc2)C1. The Bertz CT molecular complexity index is 618. The van der Waals surface area contributed by atoms with Crippen LogP contribution in [0.2, 0.25) is 0 Å². The molecule has 2 amide bonds. The van der Waals surface area contributed by atoms with Crippen molar-refractivity contribution in [1.82, 2.24) is 10.2 Å². The van der Waals surface area contributed by atoms with Crippen LogP contribution in [0.15, 0.2) is 30.3 Å². The predicted octanol–water partition coefficient (Wildman–Crippen LogP) is 2.28. The molecule has 5 nitrogen and oxygen atoms in total. The third-order valence-electron chi connectivity index (χ3n) is 5.75. The third-order valence-corrected chi connectivity index (χ3v) is 5.75. The van der Waals surface area contributed by atoms with E-state index in [9.17, 15) is 9.59 Å². The zero-order chi connectivity index (χ0) is 16.0. The molecule has 4 rings (SSSR count). The van der Waals surface area contributed by atoms with E-state index in [1.165, 1.54) is 5.56 Å². The second-order valence-electron chi connectivity index (χ2n) is 7.27. The lowest BCUT2D eigenvalue weighted by atomic mass is 9.67. The minimum atomic E-state index is -0.353. The van der Waals surface area contributed by atoms with Crippen LogP contribution in [0.5, 0.6) is 0 Å². The standard InChI is InChI=1S/C18H22N2O3/c1-20(15-7-13(8-15)12-5-3-2-4-6-12)16(21)14-9-18(10-14)11-23-17(22)19-18/h2-6,13-15H,7-11H2,1H3,(H,19,22)/t13-,14-,15-,18+.